The van der Waals surface area contributed by atoms with Crippen LogP contribution >= 0.6 is 0 Å². The smallest absolute Gasteiger partial charge is 0.164 e. The van der Waals surface area contributed by atoms with E-state index < -0.39 is 0 Å². The molecule has 0 saturated carbocycles. The van der Waals surface area contributed by atoms with Crippen LogP contribution in [0.2, 0.25) is 0 Å². The van der Waals surface area contributed by atoms with Gasteiger partial charge in [0, 0.05) is 44.0 Å². The van der Waals surface area contributed by atoms with E-state index in [4.69, 9.17) is 19.4 Å². The van der Waals surface area contributed by atoms with Gasteiger partial charge < -0.3 is 8.98 Å². The van der Waals surface area contributed by atoms with Crippen LogP contribution in [0.3, 0.4) is 0 Å². The Kier molecular flexibility index (Phi) is 6.61. The first-order valence-electron chi connectivity index (χ1n) is 16.8. The Labute approximate surface area is 291 Å². The lowest BCUT2D eigenvalue weighted by atomic mass is 9.99. The number of halogens is 1. The number of hydrogen-bond donors (Lipinski definition) is 0. The van der Waals surface area contributed by atoms with Crippen LogP contribution in [0.4, 0.5) is 4.39 Å². The predicted octanol–water partition coefficient (Wildman–Crippen LogP) is 11.7. The minimum absolute atomic E-state index is 0.318. The summed E-state index contributed by atoms with van der Waals surface area (Å²) in [5.41, 5.74) is 8.14. The van der Waals surface area contributed by atoms with Gasteiger partial charge in [-0.1, -0.05) is 115 Å². The van der Waals surface area contributed by atoms with E-state index in [-0.39, 0.29) is 5.82 Å². The minimum Gasteiger partial charge on any atom is -0.456 e. The Morgan fingerprint density at radius 3 is 1.78 bits per heavy atom. The summed E-state index contributed by atoms with van der Waals surface area (Å²) < 4.78 is 24.6. The number of benzene rings is 7. The Hall–Kier alpha value is -6.92. The molecule has 3 heterocycles. The molecule has 10 aromatic rings. The van der Waals surface area contributed by atoms with E-state index in [1.165, 1.54) is 6.07 Å². The zero-order valence-electron chi connectivity index (χ0n) is 27.2. The lowest BCUT2D eigenvalue weighted by molar-refractivity contribution is 0.631. The summed E-state index contributed by atoms with van der Waals surface area (Å²) in [6, 6.07) is 53.4. The van der Waals surface area contributed by atoms with Crippen molar-refractivity contribution in [2.45, 2.75) is 0 Å². The van der Waals surface area contributed by atoms with Crippen LogP contribution in [0.5, 0.6) is 0 Å². The molecule has 0 aliphatic carbocycles. The molecule has 5 nitrogen and oxygen atoms in total. The highest BCUT2D eigenvalue weighted by atomic mass is 19.1. The second-order valence-corrected chi connectivity index (χ2v) is 12.5. The summed E-state index contributed by atoms with van der Waals surface area (Å²) in [6.07, 6.45) is 0. The Bertz CT molecular complexity index is 2870. The summed E-state index contributed by atoms with van der Waals surface area (Å²) in [5, 5.41) is 4.23. The summed E-state index contributed by atoms with van der Waals surface area (Å²) in [4.78, 5) is 14.8. The number of rotatable bonds is 5. The minimum atomic E-state index is -0.318. The molecule has 3 aromatic heterocycles. The Morgan fingerprint density at radius 1 is 0.451 bits per heavy atom. The van der Waals surface area contributed by atoms with Crippen LogP contribution < -0.4 is 0 Å². The van der Waals surface area contributed by atoms with Gasteiger partial charge in [-0.25, -0.2) is 19.3 Å². The van der Waals surface area contributed by atoms with Crippen molar-refractivity contribution in [1.82, 2.24) is 19.5 Å². The van der Waals surface area contributed by atoms with Crippen molar-refractivity contribution in [3.63, 3.8) is 0 Å². The van der Waals surface area contributed by atoms with Gasteiger partial charge in [0.15, 0.2) is 17.5 Å². The van der Waals surface area contributed by atoms with E-state index >= 15 is 4.39 Å². The van der Waals surface area contributed by atoms with Crippen LogP contribution in [0.1, 0.15) is 0 Å². The highest BCUT2D eigenvalue weighted by Crippen LogP contribution is 2.43. The predicted molar refractivity (Wildman–Crippen MR) is 203 cm³/mol. The fourth-order valence-electron chi connectivity index (χ4n) is 7.22. The molecule has 0 aliphatic heterocycles. The van der Waals surface area contributed by atoms with Crippen LogP contribution in [-0.4, -0.2) is 19.5 Å². The number of hydrogen-bond acceptors (Lipinski definition) is 4. The van der Waals surface area contributed by atoms with Crippen LogP contribution in [-0.2, 0) is 0 Å². The van der Waals surface area contributed by atoms with Crippen molar-refractivity contribution >= 4 is 43.7 Å². The van der Waals surface area contributed by atoms with Gasteiger partial charge in [0.2, 0.25) is 0 Å². The Balaban J connectivity index is 1.29. The monoisotopic (exact) mass is 658 g/mol. The lowest BCUT2D eigenvalue weighted by Gasteiger charge is -2.17. The number of aromatic nitrogens is 4. The fourth-order valence-corrected chi connectivity index (χ4v) is 7.22. The zero-order chi connectivity index (χ0) is 33.9. The van der Waals surface area contributed by atoms with Crippen molar-refractivity contribution in [3.8, 4) is 51.0 Å². The van der Waals surface area contributed by atoms with Gasteiger partial charge in [-0.3, -0.25) is 0 Å². The second kappa shape index (κ2) is 11.6. The lowest BCUT2D eigenvalue weighted by Crippen LogP contribution is -2.02. The molecule has 240 valence electrons. The first-order chi connectivity index (χ1) is 25.2. The van der Waals surface area contributed by atoms with E-state index in [1.807, 2.05) is 115 Å². The molecule has 0 unspecified atom stereocenters. The number of furan rings is 1. The van der Waals surface area contributed by atoms with E-state index in [2.05, 4.69) is 41.0 Å². The molecule has 0 fully saturated rings. The van der Waals surface area contributed by atoms with Crippen molar-refractivity contribution < 1.29 is 8.81 Å². The summed E-state index contributed by atoms with van der Waals surface area (Å²) >= 11 is 0. The van der Waals surface area contributed by atoms with Gasteiger partial charge in [0.05, 0.1) is 22.1 Å². The number of para-hydroxylation sites is 2. The first-order valence-corrected chi connectivity index (χ1v) is 16.8. The number of fused-ring (bicyclic) bond motifs is 7. The van der Waals surface area contributed by atoms with Gasteiger partial charge in [0.1, 0.15) is 17.0 Å². The molecule has 0 saturated heterocycles. The van der Waals surface area contributed by atoms with Crippen molar-refractivity contribution in [3.05, 3.63) is 170 Å². The maximum Gasteiger partial charge on any atom is 0.164 e. The quantitative estimate of drug-likeness (QED) is 0.185. The molecule has 0 aliphatic rings. The highest BCUT2D eigenvalue weighted by Gasteiger charge is 2.22. The molecular formula is C45H27FN4O. The SMILES string of the molecule is Fc1ccccc1-c1cc(-c2nc(-c3ccccc3)nc(-c3ccccc3)n2)ccc1-n1c2ccccc2c2ccc3oc4ccccc4c3c21. The topological polar surface area (TPSA) is 56.7 Å². The van der Waals surface area contributed by atoms with E-state index in [0.29, 0.717) is 28.6 Å². The molecule has 0 atom stereocenters. The summed E-state index contributed by atoms with van der Waals surface area (Å²) in [6.45, 7) is 0. The normalized spacial score (nSPS) is 11.6. The van der Waals surface area contributed by atoms with Gasteiger partial charge in [-0.2, -0.15) is 0 Å². The zero-order valence-corrected chi connectivity index (χ0v) is 27.2. The largest absolute Gasteiger partial charge is 0.456 e. The van der Waals surface area contributed by atoms with Crippen LogP contribution in [0, 0.1) is 5.82 Å². The maximum absolute atomic E-state index is 16.0. The molecule has 0 amide bonds. The van der Waals surface area contributed by atoms with Crippen molar-refractivity contribution in [2.24, 2.45) is 0 Å². The van der Waals surface area contributed by atoms with E-state index in [0.717, 1.165) is 66.1 Å². The summed E-state index contributed by atoms with van der Waals surface area (Å²) in [5.74, 6) is 1.30. The van der Waals surface area contributed by atoms with Crippen LogP contribution in [0.25, 0.3) is 94.7 Å². The van der Waals surface area contributed by atoms with Crippen LogP contribution in [0.15, 0.2) is 168 Å². The van der Waals surface area contributed by atoms with Gasteiger partial charge in [-0.05, 0) is 48.5 Å². The second-order valence-electron chi connectivity index (χ2n) is 12.5. The average molecular weight is 659 g/mol. The average Bonchev–Trinajstić information content (AvgIpc) is 3.74. The molecule has 7 aromatic carbocycles. The molecule has 0 bridgehead atoms. The molecule has 0 N–H and O–H groups in total. The molecule has 0 radical (unpaired) electrons. The fraction of sp³-hybridized carbons (Fsp3) is 0. The third-order valence-electron chi connectivity index (χ3n) is 9.53. The van der Waals surface area contributed by atoms with Crippen molar-refractivity contribution in [1.29, 1.82) is 0 Å². The van der Waals surface area contributed by atoms with E-state index in [1.54, 1.807) is 6.07 Å². The third-order valence-corrected chi connectivity index (χ3v) is 9.53. The third kappa shape index (κ3) is 4.72. The van der Waals surface area contributed by atoms with Gasteiger partial charge in [0.25, 0.3) is 0 Å². The van der Waals surface area contributed by atoms with Crippen molar-refractivity contribution in [2.75, 3.05) is 0 Å². The van der Waals surface area contributed by atoms with Gasteiger partial charge >= 0.3 is 0 Å². The standard InChI is InChI=1S/C45H27FN4O/c46-36-20-10-7-17-31(36)35-27-30(45-48-43(28-13-3-1-4-14-28)47-44(49-45)29-15-5-2-6-16-29)23-25-38(35)50-37-21-11-8-18-32(37)33-24-26-40-41(42(33)50)34-19-9-12-22-39(34)51-40/h1-27H. The Morgan fingerprint density at radius 2 is 1.06 bits per heavy atom. The van der Waals surface area contributed by atoms with E-state index in [9.17, 15) is 0 Å². The molecular weight excluding hydrogens is 632 g/mol. The summed E-state index contributed by atoms with van der Waals surface area (Å²) in [7, 11) is 0. The molecule has 10 rings (SSSR count). The highest BCUT2D eigenvalue weighted by molar-refractivity contribution is 6.24. The first kappa shape index (κ1) is 29.0. The molecule has 0 spiro atoms. The maximum atomic E-state index is 16.0. The molecule has 6 heteroatoms. The van der Waals surface area contributed by atoms with Gasteiger partial charge in [-0.15, -0.1) is 0 Å². The molecule has 51 heavy (non-hydrogen) atoms. The number of nitrogens with zero attached hydrogens (tertiary/aromatic N) is 4.